The summed E-state index contributed by atoms with van der Waals surface area (Å²) in [7, 11) is 0. The van der Waals surface area contributed by atoms with Crippen LogP contribution in [-0.4, -0.2) is 18.2 Å². The molecule has 0 unspecified atom stereocenters. The van der Waals surface area contributed by atoms with Gasteiger partial charge in [-0.1, -0.05) is 6.92 Å². The van der Waals surface area contributed by atoms with E-state index in [9.17, 15) is 9.59 Å². The third-order valence-electron chi connectivity index (χ3n) is 4.38. The van der Waals surface area contributed by atoms with Gasteiger partial charge in [-0.3, -0.25) is 4.79 Å². The maximum Gasteiger partial charge on any atom is 0.336 e. The first-order valence-electron chi connectivity index (χ1n) is 8.53. The van der Waals surface area contributed by atoms with E-state index in [1.165, 1.54) is 12.5 Å². The molecule has 1 saturated carbocycles. The molecule has 3 rings (SSSR count). The molecule has 6 heteroatoms. The van der Waals surface area contributed by atoms with E-state index in [1.54, 1.807) is 12.1 Å². The molecule has 0 saturated heterocycles. The summed E-state index contributed by atoms with van der Waals surface area (Å²) in [5, 5.41) is 5.04. The van der Waals surface area contributed by atoms with Crippen LogP contribution in [0.4, 0.5) is 0 Å². The molecule has 1 aliphatic rings. The number of carbonyl (C=O) groups excluding carboxylic acids is 1. The molecule has 0 bridgehead atoms. The summed E-state index contributed by atoms with van der Waals surface area (Å²) in [5.74, 6) is 0.781. The first kappa shape index (κ1) is 17.2. The van der Waals surface area contributed by atoms with Crippen molar-refractivity contribution < 1.29 is 13.9 Å². The van der Waals surface area contributed by atoms with Gasteiger partial charge in [0.2, 0.25) is 0 Å². The van der Waals surface area contributed by atoms with E-state index >= 15 is 0 Å². The fourth-order valence-corrected chi connectivity index (χ4v) is 3.08. The highest BCUT2D eigenvalue weighted by atomic mass is 16.5. The third-order valence-corrected chi connectivity index (χ3v) is 4.38. The summed E-state index contributed by atoms with van der Waals surface area (Å²) in [6.45, 7) is 3.89. The van der Waals surface area contributed by atoms with E-state index in [0.29, 0.717) is 17.3 Å². The number of hydrogen-bond donors (Lipinski definition) is 1. The minimum atomic E-state index is -0.405. The second kappa shape index (κ2) is 7.51. The highest BCUT2D eigenvalue weighted by molar-refractivity contribution is 5.87. The van der Waals surface area contributed by atoms with Gasteiger partial charge in [0, 0.05) is 23.2 Å². The Morgan fingerprint density at radius 2 is 2.24 bits per heavy atom. The van der Waals surface area contributed by atoms with Crippen molar-refractivity contribution in [3.05, 3.63) is 40.2 Å². The quantitative estimate of drug-likeness (QED) is 0.683. The van der Waals surface area contributed by atoms with Crippen LogP contribution in [0.25, 0.3) is 11.0 Å². The van der Waals surface area contributed by atoms with Crippen molar-refractivity contribution in [3.63, 3.8) is 0 Å². The van der Waals surface area contributed by atoms with E-state index in [-0.39, 0.29) is 12.5 Å². The van der Waals surface area contributed by atoms with E-state index in [2.05, 4.69) is 17.5 Å². The molecule has 25 heavy (non-hydrogen) atoms. The molecule has 1 amide bonds. The Balaban J connectivity index is 1.59. The lowest BCUT2D eigenvalue weighted by molar-refractivity contribution is -0.123. The largest absolute Gasteiger partial charge is 0.484 e. The number of rotatable bonds is 4. The van der Waals surface area contributed by atoms with Crippen molar-refractivity contribution in [2.24, 2.45) is 11.0 Å². The van der Waals surface area contributed by atoms with E-state index in [4.69, 9.17) is 9.15 Å². The van der Waals surface area contributed by atoms with Crippen LogP contribution in [0.15, 0.2) is 38.6 Å². The summed E-state index contributed by atoms with van der Waals surface area (Å²) in [6.07, 6.45) is 4.21. The minimum Gasteiger partial charge on any atom is -0.484 e. The van der Waals surface area contributed by atoms with Gasteiger partial charge in [-0.05, 0) is 56.2 Å². The topological polar surface area (TPSA) is 80.9 Å². The molecule has 2 aromatic rings. The lowest BCUT2D eigenvalue weighted by atomic mass is 9.89. The lowest BCUT2D eigenvalue weighted by Gasteiger charge is -2.18. The van der Waals surface area contributed by atoms with Crippen molar-refractivity contribution in [3.8, 4) is 5.75 Å². The molecule has 6 nitrogen and oxygen atoms in total. The minimum absolute atomic E-state index is 0.145. The fraction of sp³-hybridized carbons (Fsp3) is 0.421. The molecule has 1 heterocycles. The van der Waals surface area contributed by atoms with Gasteiger partial charge in [0.15, 0.2) is 6.61 Å². The van der Waals surface area contributed by atoms with E-state index in [1.807, 2.05) is 13.0 Å². The second-order valence-corrected chi connectivity index (χ2v) is 6.61. The van der Waals surface area contributed by atoms with Crippen LogP contribution in [0.1, 0.15) is 38.2 Å². The van der Waals surface area contributed by atoms with Gasteiger partial charge in [-0.15, -0.1) is 0 Å². The maximum atomic E-state index is 11.9. The number of carbonyl (C=O) groups is 1. The van der Waals surface area contributed by atoms with Crippen LogP contribution < -0.4 is 15.8 Å². The standard InChI is InChI=1S/C19H22N2O4/c1-12-4-3-5-14(8-12)20-21-18(22)11-24-15-6-7-16-13(2)9-19(23)25-17(16)10-15/h6-7,9-10,12H,3-5,8,11H2,1-2H3,(H,21,22)/b20-14-/t12-/m0/s1. The van der Waals surface area contributed by atoms with Crippen LogP contribution in [0.3, 0.4) is 0 Å². The van der Waals surface area contributed by atoms with Gasteiger partial charge in [0.25, 0.3) is 5.91 Å². The van der Waals surface area contributed by atoms with Gasteiger partial charge in [-0.2, -0.15) is 5.10 Å². The van der Waals surface area contributed by atoms with Gasteiger partial charge < -0.3 is 9.15 Å². The van der Waals surface area contributed by atoms with Crippen LogP contribution in [0, 0.1) is 12.8 Å². The Morgan fingerprint density at radius 3 is 3.04 bits per heavy atom. The van der Waals surface area contributed by atoms with Crippen molar-refractivity contribution in [1.29, 1.82) is 0 Å². The summed E-state index contributed by atoms with van der Waals surface area (Å²) in [4.78, 5) is 23.3. The number of aryl methyl sites for hydroxylation is 1. The number of fused-ring (bicyclic) bond motifs is 1. The first-order valence-corrected chi connectivity index (χ1v) is 8.53. The molecule has 0 spiro atoms. The molecule has 1 fully saturated rings. The molecule has 0 radical (unpaired) electrons. The monoisotopic (exact) mass is 342 g/mol. The van der Waals surface area contributed by atoms with Crippen LogP contribution >= 0.6 is 0 Å². The molecule has 1 aromatic heterocycles. The summed E-state index contributed by atoms with van der Waals surface area (Å²) in [5.41, 5.74) is 4.47. The average Bonchev–Trinajstić information content (AvgIpc) is 2.57. The number of nitrogens with one attached hydrogen (secondary N) is 1. The van der Waals surface area contributed by atoms with E-state index < -0.39 is 5.63 Å². The van der Waals surface area contributed by atoms with Gasteiger partial charge in [-0.25, -0.2) is 10.2 Å². The molecular weight excluding hydrogens is 320 g/mol. The van der Waals surface area contributed by atoms with Crippen LogP contribution in [0.5, 0.6) is 5.75 Å². The Bertz CT molecular complexity index is 869. The molecule has 132 valence electrons. The van der Waals surface area contributed by atoms with Gasteiger partial charge >= 0.3 is 5.63 Å². The number of amides is 1. The number of ether oxygens (including phenoxy) is 1. The molecule has 1 aromatic carbocycles. The lowest BCUT2D eigenvalue weighted by Crippen LogP contribution is -2.27. The zero-order chi connectivity index (χ0) is 17.8. The van der Waals surface area contributed by atoms with E-state index in [0.717, 1.165) is 35.9 Å². The highest BCUT2D eigenvalue weighted by Gasteiger charge is 2.14. The van der Waals surface area contributed by atoms with Crippen molar-refractivity contribution in [2.45, 2.75) is 39.5 Å². The number of nitrogens with zero attached hydrogens (tertiary/aromatic N) is 1. The third kappa shape index (κ3) is 4.47. The molecule has 1 aliphatic carbocycles. The Morgan fingerprint density at radius 1 is 1.40 bits per heavy atom. The zero-order valence-electron chi connectivity index (χ0n) is 14.5. The smallest absolute Gasteiger partial charge is 0.336 e. The first-order chi connectivity index (χ1) is 12.0. The second-order valence-electron chi connectivity index (χ2n) is 6.61. The maximum absolute atomic E-state index is 11.9. The summed E-state index contributed by atoms with van der Waals surface area (Å²) < 4.78 is 10.6. The zero-order valence-corrected chi connectivity index (χ0v) is 14.5. The van der Waals surface area contributed by atoms with Crippen LogP contribution in [0.2, 0.25) is 0 Å². The number of hydrogen-bond acceptors (Lipinski definition) is 5. The molecular formula is C19H22N2O4. The summed E-state index contributed by atoms with van der Waals surface area (Å²) in [6, 6.07) is 6.62. The molecule has 1 N–H and O–H groups in total. The highest BCUT2D eigenvalue weighted by Crippen LogP contribution is 2.22. The molecule has 1 atom stereocenters. The van der Waals surface area contributed by atoms with Crippen molar-refractivity contribution >= 4 is 22.6 Å². The van der Waals surface area contributed by atoms with Crippen molar-refractivity contribution in [2.75, 3.05) is 6.61 Å². The predicted octanol–water partition coefficient (Wildman–Crippen LogP) is 3.16. The predicted molar refractivity (Wildman–Crippen MR) is 95.9 cm³/mol. The number of benzene rings is 1. The Labute approximate surface area is 145 Å². The summed E-state index contributed by atoms with van der Waals surface area (Å²) >= 11 is 0. The SMILES string of the molecule is Cc1cc(=O)oc2cc(OCC(=O)N/N=C3/CCC[C@H](C)C3)ccc12. The Kier molecular flexibility index (Phi) is 5.16. The Hall–Kier alpha value is -2.63. The van der Waals surface area contributed by atoms with Crippen molar-refractivity contribution in [1.82, 2.24) is 5.43 Å². The molecule has 0 aliphatic heterocycles. The average molecular weight is 342 g/mol. The van der Waals surface area contributed by atoms with Crippen LogP contribution in [-0.2, 0) is 4.79 Å². The van der Waals surface area contributed by atoms with Gasteiger partial charge in [0.1, 0.15) is 11.3 Å². The number of hydrazone groups is 1. The fourth-order valence-electron chi connectivity index (χ4n) is 3.08. The normalized spacial score (nSPS) is 19.1. The van der Waals surface area contributed by atoms with Gasteiger partial charge in [0.05, 0.1) is 0 Å².